The predicted molar refractivity (Wildman–Crippen MR) is 74.4 cm³/mol. The zero-order valence-electron chi connectivity index (χ0n) is 10.3. The third kappa shape index (κ3) is 3.61. The number of halogens is 1. The van der Waals surface area contributed by atoms with E-state index in [1.165, 1.54) is 11.8 Å². The molecule has 0 aromatic carbocycles. The van der Waals surface area contributed by atoms with Gasteiger partial charge >= 0.3 is 0 Å². The van der Waals surface area contributed by atoms with Crippen molar-refractivity contribution in [3.63, 3.8) is 0 Å². The van der Waals surface area contributed by atoms with E-state index in [0.29, 0.717) is 22.4 Å². The van der Waals surface area contributed by atoms with Gasteiger partial charge in [-0.15, -0.1) is 11.8 Å². The van der Waals surface area contributed by atoms with Crippen molar-refractivity contribution in [3.05, 3.63) is 16.7 Å². The highest BCUT2D eigenvalue weighted by atomic mass is 35.5. The fraction of sp³-hybridized carbons (Fsp3) is 0.500. The number of pyridine rings is 1. The molecule has 1 heterocycles. The quantitative estimate of drug-likeness (QED) is 0.631. The predicted octanol–water partition coefficient (Wildman–Crippen LogP) is 3.87. The highest BCUT2D eigenvalue weighted by Gasteiger charge is 2.13. The van der Waals surface area contributed by atoms with Gasteiger partial charge in [0.1, 0.15) is 5.82 Å². The van der Waals surface area contributed by atoms with E-state index in [0.717, 1.165) is 24.2 Å². The Balaban J connectivity index is 3.10. The Morgan fingerprint density at radius 3 is 2.65 bits per heavy atom. The van der Waals surface area contributed by atoms with E-state index in [2.05, 4.69) is 24.1 Å². The van der Waals surface area contributed by atoms with Crippen molar-refractivity contribution < 1.29 is 4.79 Å². The van der Waals surface area contributed by atoms with Crippen LogP contribution in [0.5, 0.6) is 0 Å². The number of hydrogen-bond donors (Lipinski definition) is 1. The highest BCUT2D eigenvalue weighted by molar-refractivity contribution is 7.98. The Bertz CT molecular complexity index is 394. The number of aromatic nitrogens is 1. The van der Waals surface area contributed by atoms with Gasteiger partial charge in [-0.3, -0.25) is 4.79 Å². The van der Waals surface area contributed by atoms with Crippen LogP contribution in [0, 0.1) is 0 Å². The SMILES string of the molecule is CCC(CC)Nc1nc(SC)cc(Cl)c1C=O. The van der Waals surface area contributed by atoms with Crippen LogP contribution in [0.4, 0.5) is 5.82 Å². The minimum Gasteiger partial charge on any atom is -0.367 e. The summed E-state index contributed by atoms with van der Waals surface area (Å²) in [5.41, 5.74) is 0.441. The van der Waals surface area contributed by atoms with Gasteiger partial charge < -0.3 is 5.32 Å². The lowest BCUT2D eigenvalue weighted by Crippen LogP contribution is -2.19. The van der Waals surface area contributed by atoms with Crippen molar-refractivity contribution in [2.75, 3.05) is 11.6 Å². The van der Waals surface area contributed by atoms with Crippen molar-refractivity contribution in [2.24, 2.45) is 0 Å². The lowest BCUT2D eigenvalue weighted by atomic mass is 10.1. The van der Waals surface area contributed by atoms with E-state index >= 15 is 0 Å². The summed E-state index contributed by atoms with van der Waals surface area (Å²) >= 11 is 7.57. The van der Waals surface area contributed by atoms with Gasteiger partial charge in [0, 0.05) is 6.04 Å². The van der Waals surface area contributed by atoms with Gasteiger partial charge in [0.25, 0.3) is 0 Å². The zero-order valence-corrected chi connectivity index (χ0v) is 11.9. The van der Waals surface area contributed by atoms with Gasteiger partial charge in [0.15, 0.2) is 6.29 Å². The van der Waals surface area contributed by atoms with Crippen LogP contribution in [-0.2, 0) is 0 Å². The molecule has 0 aliphatic heterocycles. The summed E-state index contributed by atoms with van der Waals surface area (Å²) in [7, 11) is 0. The molecule has 1 aromatic rings. The van der Waals surface area contributed by atoms with Crippen molar-refractivity contribution in [1.82, 2.24) is 4.98 Å². The molecule has 5 heteroatoms. The Kier molecular flexibility index (Phi) is 5.78. The standard InChI is InChI=1S/C12H17ClN2OS/c1-4-8(5-2)14-12-9(7-16)10(13)6-11(15-12)17-3/h6-8H,4-5H2,1-3H3,(H,14,15). The van der Waals surface area contributed by atoms with Crippen LogP contribution < -0.4 is 5.32 Å². The van der Waals surface area contributed by atoms with Crippen molar-refractivity contribution >= 4 is 35.5 Å². The number of carbonyl (C=O) groups excluding carboxylic acids is 1. The molecule has 0 saturated heterocycles. The molecule has 0 spiro atoms. The third-order valence-corrected chi connectivity index (χ3v) is 3.58. The number of nitrogens with zero attached hydrogens (tertiary/aromatic N) is 1. The van der Waals surface area contributed by atoms with Gasteiger partial charge in [0.05, 0.1) is 15.6 Å². The fourth-order valence-corrected chi connectivity index (χ4v) is 2.24. The van der Waals surface area contributed by atoms with Crippen molar-refractivity contribution in [2.45, 2.75) is 37.8 Å². The van der Waals surface area contributed by atoms with Crippen LogP contribution >= 0.6 is 23.4 Å². The molecular formula is C12H17ClN2OS. The second-order valence-corrected chi connectivity index (χ2v) is 4.92. The number of aldehydes is 1. The third-order valence-electron chi connectivity index (χ3n) is 2.64. The fourth-order valence-electron chi connectivity index (χ4n) is 1.51. The van der Waals surface area contributed by atoms with Gasteiger partial charge in [-0.05, 0) is 25.2 Å². The maximum Gasteiger partial charge on any atom is 0.155 e. The van der Waals surface area contributed by atoms with E-state index in [9.17, 15) is 4.79 Å². The van der Waals surface area contributed by atoms with Gasteiger partial charge in [-0.25, -0.2) is 4.98 Å². The molecule has 0 atom stereocenters. The number of nitrogens with one attached hydrogen (secondary N) is 1. The zero-order chi connectivity index (χ0) is 12.8. The van der Waals surface area contributed by atoms with Crippen LogP contribution in [0.15, 0.2) is 11.1 Å². The molecule has 94 valence electrons. The monoisotopic (exact) mass is 272 g/mol. The summed E-state index contributed by atoms with van der Waals surface area (Å²) in [5.74, 6) is 0.588. The Labute approximate surface area is 111 Å². The molecule has 0 aliphatic carbocycles. The van der Waals surface area contributed by atoms with Gasteiger partial charge in [-0.2, -0.15) is 0 Å². The number of rotatable bonds is 6. The van der Waals surface area contributed by atoms with Crippen LogP contribution in [0.1, 0.15) is 37.0 Å². The summed E-state index contributed by atoms with van der Waals surface area (Å²) in [6, 6.07) is 2.03. The normalized spacial score (nSPS) is 10.6. The number of carbonyl (C=O) groups is 1. The van der Waals surface area contributed by atoms with E-state index in [4.69, 9.17) is 11.6 Å². The molecule has 1 aromatic heterocycles. The summed E-state index contributed by atoms with van der Waals surface area (Å²) in [4.78, 5) is 15.4. The molecule has 0 unspecified atom stereocenters. The first-order valence-corrected chi connectivity index (χ1v) is 7.22. The first kappa shape index (κ1) is 14.3. The Morgan fingerprint density at radius 2 is 2.18 bits per heavy atom. The molecule has 3 nitrogen and oxygen atoms in total. The van der Waals surface area contributed by atoms with E-state index in [1.54, 1.807) is 6.07 Å². The van der Waals surface area contributed by atoms with Crippen molar-refractivity contribution in [1.29, 1.82) is 0 Å². The summed E-state index contributed by atoms with van der Waals surface area (Å²) in [6.45, 7) is 4.20. The molecule has 0 radical (unpaired) electrons. The number of thioether (sulfide) groups is 1. The minimum absolute atomic E-state index is 0.314. The Morgan fingerprint density at radius 1 is 1.53 bits per heavy atom. The van der Waals surface area contributed by atoms with E-state index in [-0.39, 0.29) is 0 Å². The average molecular weight is 273 g/mol. The van der Waals surface area contributed by atoms with Gasteiger partial charge in [-0.1, -0.05) is 25.4 Å². The second kappa shape index (κ2) is 6.87. The molecular weight excluding hydrogens is 256 g/mol. The number of anilines is 1. The topological polar surface area (TPSA) is 42.0 Å². The highest BCUT2D eigenvalue weighted by Crippen LogP contribution is 2.27. The number of hydrogen-bond acceptors (Lipinski definition) is 4. The first-order valence-electron chi connectivity index (χ1n) is 5.62. The largest absolute Gasteiger partial charge is 0.367 e. The molecule has 0 amide bonds. The average Bonchev–Trinajstić information content (AvgIpc) is 2.35. The smallest absolute Gasteiger partial charge is 0.155 e. The summed E-state index contributed by atoms with van der Waals surface area (Å²) in [5, 5.41) is 4.54. The molecule has 0 aliphatic rings. The van der Waals surface area contributed by atoms with Crippen LogP contribution in [0.3, 0.4) is 0 Å². The van der Waals surface area contributed by atoms with Crippen LogP contribution in [0.25, 0.3) is 0 Å². The molecule has 17 heavy (non-hydrogen) atoms. The van der Waals surface area contributed by atoms with Gasteiger partial charge in [0.2, 0.25) is 0 Å². The maximum atomic E-state index is 11.0. The second-order valence-electron chi connectivity index (χ2n) is 3.68. The first-order chi connectivity index (χ1) is 8.15. The minimum atomic E-state index is 0.314. The maximum absolute atomic E-state index is 11.0. The summed E-state index contributed by atoms with van der Waals surface area (Å²) in [6.07, 6.45) is 4.65. The Hall–Kier alpha value is -0.740. The lowest BCUT2D eigenvalue weighted by molar-refractivity contribution is 0.112. The molecule has 1 N–H and O–H groups in total. The molecule has 0 saturated carbocycles. The van der Waals surface area contributed by atoms with E-state index in [1.807, 2.05) is 6.26 Å². The van der Waals surface area contributed by atoms with Crippen LogP contribution in [-0.4, -0.2) is 23.6 Å². The molecule has 0 fully saturated rings. The lowest BCUT2D eigenvalue weighted by Gasteiger charge is -2.17. The summed E-state index contributed by atoms with van der Waals surface area (Å²) < 4.78 is 0. The van der Waals surface area contributed by atoms with E-state index < -0.39 is 0 Å². The molecule has 0 bridgehead atoms. The van der Waals surface area contributed by atoms with Crippen molar-refractivity contribution in [3.8, 4) is 0 Å². The molecule has 1 rings (SSSR count). The van der Waals surface area contributed by atoms with Crippen LogP contribution in [0.2, 0.25) is 5.02 Å².